The van der Waals surface area contributed by atoms with Crippen molar-refractivity contribution in [3.8, 4) is 11.3 Å². The molecular weight excluding hydrogens is 230 g/mol. The van der Waals surface area contributed by atoms with Crippen LogP contribution in [0.2, 0.25) is 0 Å². The average molecular weight is 238 g/mol. The number of aromatic nitrogens is 3. The number of nitrogens with zero attached hydrogens (tertiary/aromatic N) is 3. The van der Waals surface area contributed by atoms with Crippen molar-refractivity contribution < 1.29 is 0 Å². The summed E-state index contributed by atoms with van der Waals surface area (Å²) >= 11 is 3.39. The summed E-state index contributed by atoms with van der Waals surface area (Å²) in [7, 11) is 1.88. The van der Waals surface area contributed by atoms with Crippen LogP contribution in [0.5, 0.6) is 0 Å². The van der Waals surface area contributed by atoms with Crippen LogP contribution < -0.4 is 0 Å². The standard InChI is InChI=1S/C9H8BrN3/c1-13-9(6-11-12-13)7-2-4-8(10)5-3-7/h2-6H,1H3. The highest BCUT2D eigenvalue weighted by Crippen LogP contribution is 2.19. The zero-order chi connectivity index (χ0) is 9.26. The Morgan fingerprint density at radius 2 is 1.92 bits per heavy atom. The molecule has 0 unspecified atom stereocenters. The molecule has 0 atom stereocenters. The molecule has 0 aliphatic heterocycles. The van der Waals surface area contributed by atoms with Gasteiger partial charge in [-0.15, -0.1) is 5.10 Å². The Balaban J connectivity index is 2.47. The highest BCUT2D eigenvalue weighted by molar-refractivity contribution is 9.10. The third kappa shape index (κ3) is 1.62. The Morgan fingerprint density at radius 1 is 1.23 bits per heavy atom. The van der Waals surface area contributed by atoms with Gasteiger partial charge in [-0.25, -0.2) is 4.68 Å². The van der Waals surface area contributed by atoms with Crippen LogP contribution in [0.3, 0.4) is 0 Å². The number of hydrogen-bond donors (Lipinski definition) is 0. The second kappa shape index (κ2) is 3.30. The lowest BCUT2D eigenvalue weighted by atomic mass is 10.2. The predicted octanol–water partition coefficient (Wildman–Crippen LogP) is 2.24. The third-order valence-corrected chi connectivity index (χ3v) is 2.38. The molecule has 1 heterocycles. The van der Waals surface area contributed by atoms with Crippen molar-refractivity contribution in [1.29, 1.82) is 0 Å². The summed E-state index contributed by atoms with van der Waals surface area (Å²) in [5.41, 5.74) is 2.14. The molecule has 0 radical (unpaired) electrons. The van der Waals surface area contributed by atoms with Gasteiger partial charge in [0.25, 0.3) is 0 Å². The maximum Gasteiger partial charge on any atom is 0.0882 e. The van der Waals surface area contributed by atoms with Crippen molar-refractivity contribution in [2.75, 3.05) is 0 Å². The Kier molecular flexibility index (Phi) is 2.14. The van der Waals surface area contributed by atoms with E-state index in [2.05, 4.69) is 26.2 Å². The number of rotatable bonds is 1. The van der Waals surface area contributed by atoms with E-state index < -0.39 is 0 Å². The molecule has 66 valence electrons. The first-order valence-electron chi connectivity index (χ1n) is 3.88. The van der Waals surface area contributed by atoms with Crippen LogP contribution in [0.15, 0.2) is 34.9 Å². The van der Waals surface area contributed by atoms with Gasteiger partial charge in [0.05, 0.1) is 11.9 Å². The highest BCUT2D eigenvalue weighted by Gasteiger charge is 2.01. The number of halogens is 1. The SMILES string of the molecule is Cn1nncc1-c1ccc(Br)cc1. The zero-order valence-electron chi connectivity index (χ0n) is 7.11. The van der Waals surface area contributed by atoms with Gasteiger partial charge in [0.15, 0.2) is 0 Å². The maximum absolute atomic E-state index is 3.87. The van der Waals surface area contributed by atoms with Gasteiger partial charge in [-0.3, -0.25) is 0 Å². The summed E-state index contributed by atoms with van der Waals surface area (Å²) in [5.74, 6) is 0. The van der Waals surface area contributed by atoms with E-state index in [9.17, 15) is 0 Å². The lowest BCUT2D eigenvalue weighted by Crippen LogP contribution is -1.93. The number of benzene rings is 1. The van der Waals surface area contributed by atoms with Crippen LogP contribution in [-0.2, 0) is 7.05 Å². The molecule has 0 saturated carbocycles. The van der Waals surface area contributed by atoms with Crippen molar-refractivity contribution in [3.63, 3.8) is 0 Å². The van der Waals surface area contributed by atoms with E-state index in [0.29, 0.717) is 0 Å². The molecule has 13 heavy (non-hydrogen) atoms. The summed E-state index contributed by atoms with van der Waals surface area (Å²) in [5, 5.41) is 7.69. The molecule has 0 spiro atoms. The van der Waals surface area contributed by atoms with Gasteiger partial charge in [-0.05, 0) is 12.1 Å². The van der Waals surface area contributed by atoms with E-state index in [1.807, 2.05) is 31.3 Å². The second-order valence-electron chi connectivity index (χ2n) is 2.75. The van der Waals surface area contributed by atoms with Crippen LogP contribution in [0.4, 0.5) is 0 Å². The van der Waals surface area contributed by atoms with E-state index in [0.717, 1.165) is 15.7 Å². The van der Waals surface area contributed by atoms with Crippen molar-refractivity contribution in [2.24, 2.45) is 7.05 Å². The Morgan fingerprint density at radius 3 is 2.46 bits per heavy atom. The summed E-state index contributed by atoms with van der Waals surface area (Å²) in [4.78, 5) is 0. The van der Waals surface area contributed by atoms with Crippen LogP contribution in [0, 0.1) is 0 Å². The quantitative estimate of drug-likeness (QED) is 0.762. The van der Waals surface area contributed by atoms with E-state index in [-0.39, 0.29) is 0 Å². The van der Waals surface area contributed by atoms with Gasteiger partial charge >= 0.3 is 0 Å². The molecule has 2 rings (SSSR count). The van der Waals surface area contributed by atoms with Crippen molar-refractivity contribution in [3.05, 3.63) is 34.9 Å². The third-order valence-electron chi connectivity index (χ3n) is 1.85. The fourth-order valence-electron chi connectivity index (χ4n) is 1.17. The van der Waals surface area contributed by atoms with E-state index in [1.54, 1.807) is 10.9 Å². The monoisotopic (exact) mass is 237 g/mol. The van der Waals surface area contributed by atoms with Crippen molar-refractivity contribution in [1.82, 2.24) is 15.0 Å². The van der Waals surface area contributed by atoms with Gasteiger partial charge < -0.3 is 0 Å². The Hall–Kier alpha value is -1.16. The first-order chi connectivity index (χ1) is 6.27. The van der Waals surface area contributed by atoms with Crippen LogP contribution in [0.1, 0.15) is 0 Å². The van der Waals surface area contributed by atoms with Crippen molar-refractivity contribution in [2.45, 2.75) is 0 Å². The lowest BCUT2D eigenvalue weighted by Gasteiger charge is -1.99. The van der Waals surface area contributed by atoms with Gasteiger partial charge in [-0.1, -0.05) is 33.3 Å². The smallest absolute Gasteiger partial charge is 0.0882 e. The molecule has 0 saturated heterocycles. The summed E-state index contributed by atoms with van der Waals surface area (Å²) < 4.78 is 2.83. The molecule has 0 N–H and O–H groups in total. The number of aryl methyl sites for hydroxylation is 1. The minimum atomic E-state index is 1.02. The molecule has 1 aromatic carbocycles. The largest absolute Gasteiger partial charge is 0.248 e. The predicted molar refractivity (Wildman–Crippen MR) is 54.1 cm³/mol. The topological polar surface area (TPSA) is 30.7 Å². The van der Waals surface area contributed by atoms with Crippen molar-refractivity contribution >= 4 is 15.9 Å². The zero-order valence-corrected chi connectivity index (χ0v) is 8.69. The Labute approximate surface area is 84.5 Å². The molecule has 2 aromatic rings. The second-order valence-corrected chi connectivity index (χ2v) is 3.67. The van der Waals surface area contributed by atoms with Crippen LogP contribution in [-0.4, -0.2) is 15.0 Å². The maximum atomic E-state index is 3.87. The molecule has 0 aliphatic carbocycles. The van der Waals surface area contributed by atoms with Crippen LogP contribution >= 0.6 is 15.9 Å². The molecule has 0 aliphatic rings. The minimum Gasteiger partial charge on any atom is -0.248 e. The molecular formula is C9H8BrN3. The highest BCUT2D eigenvalue weighted by atomic mass is 79.9. The van der Waals surface area contributed by atoms with Gasteiger partial charge in [-0.2, -0.15) is 0 Å². The first kappa shape index (κ1) is 8.44. The van der Waals surface area contributed by atoms with Gasteiger partial charge in [0.2, 0.25) is 0 Å². The van der Waals surface area contributed by atoms with E-state index >= 15 is 0 Å². The van der Waals surface area contributed by atoms with Gasteiger partial charge in [0, 0.05) is 17.1 Å². The van der Waals surface area contributed by atoms with Crippen LogP contribution in [0.25, 0.3) is 11.3 Å². The molecule has 0 fully saturated rings. The summed E-state index contributed by atoms with van der Waals surface area (Å²) in [6.07, 6.45) is 1.75. The fourth-order valence-corrected chi connectivity index (χ4v) is 1.44. The molecule has 0 amide bonds. The van der Waals surface area contributed by atoms with E-state index in [1.165, 1.54) is 0 Å². The fraction of sp³-hybridized carbons (Fsp3) is 0.111. The van der Waals surface area contributed by atoms with E-state index in [4.69, 9.17) is 0 Å². The Bertz CT molecular complexity index is 405. The van der Waals surface area contributed by atoms with Gasteiger partial charge in [0.1, 0.15) is 0 Å². The molecule has 1 aromatic heterocycles. The minimum absolute atomic E-state index is 1.02. The summed E-state index contributed by atoms with van der Waals surface area (Å²) in [6.45, 7) is 0. The lowest BCUT2D eigenvalue weighted by molar-refractivity contribution is 0.720. The molecule has 4 heteroatoms. The molecule has 0 bridgehead atoms. The number of hydrogen-bond acceptors (Lipinski definition) is 2. The average Bonchev–Trinajstić information content (AvgIpc) is 2.53. The first-order valence-corrected chi connectivity index (χ1v) is 4.67. The normalized spacial score (nSPS) is 10.3. The molecule has 3 nitrogen and oxygen atoms in total. The summed E-state index contributed by atoms with van der Waals surface area (Å²) in [6, 6.07) is 8.07.